The van der Waals surface area contributed by atoms with Gasteiger partial charge < -0.3 is 15.9 Å². The van der Waals surface area contributed by atoms with Crippen molar-refractivity contribution in [1.82, 2.24) is 0 Å². The molecule has 0 spiro atoms. The summed E-state index contributed by atoms with van der Waals surface area (Å²) in [6, 6.07) is 4.42. The molecule has 1 atom stereocenters. The van der Waals surface area contributed by atoms with Crippen molar-refractivity contribution in [3.05, 3.63) is 28.8 Å². The third kappa shape index (κ3) is 2.59. The van der Waals surface area contributed by atoms with Gasteiger partial charge in [-0.3, -0.25) is 0 Å². The number of nitrogens with two attached hydrogens (primary N) is 1. The molecular weight excluding hydrogens is 190 g/mol. The van der Waals surface area contributed by atoms with Gasteiger partial charge in [0, 0.05) is 23.2 Å². The quantitative estimate of drug-likeness (QED) is 0.693. The highest BCUT2D eigenvalue weighted by atomic mass is 35.5. The van der Waals surface area contributed by atoms with Crippen LogP contribution in [0.5, 0.6) is 5.75 Å². The molecule has 0 amide bonds. The summed E-state index contributed by atoms with van der Waals surface area (Å²) in [5, 5.41) is 18.6. The Labute approximate surface area is 81.8 Å². The molecule has 72 valence electrons. The van der Waals surface area contributed by atoms with Crippen LogP contribution in [0.25, 0.3) is 0 Å². The standard InChI is InChI=1S/C9H12ClNO2/c10-6-1-2-7(9(13)5-6)8(11)3-4-12/h1-2,5,8,12-13H,3-4,11H2. The average molecular weight is 202 g/mol. The van der Waals surface area contributed by atoms with Crippen LogP contribution in [0.2, 0.25) is 5.02 Å². The summed E-state index contributed by atoms with van der Waals surface area (Å²) in [4.78, 5) is 0. The van der Waals surface area contributed by atoms with E-state index in [4.69, 9.17) is 22.4 Å². The van der Waals surface area contributed by atoms with E-state index in [1.54, 1.807) is 12.1 Å². The molecule has 4 heteroatoms. The fraction of sp³-hybridized carbons (Fsp3) is 0.333. The first-order chi connectivity index (χ1) is 6.15. The van der Waals surface area contributed by atoms with Crippen LogP contribution in [0, 0.1) is 0 Å². The molecule has 0 aliphatic rings. The first-order valence-electron chi connectivity index (χ1n) is 4.00. The maximum Gasteiger partial charge on any atom is 0.121 e. The number of phenols is 1. The highest BCUT2D eigenvalue weighted by Gasteiger charge is 2.09. The van der Waals surface area contributed by atoms with Crippen molar-refractivity contribution in [3.8, 4) is 5.75 Å². The average Bonchev–Trinajstić information content (AvgIpc) is 2.04. The van der Waals surface area contributed by atoms with Gasteiger partial charge in [0.1, 0.15) is 5.75 Å². The summed E-state index contributed by atoms with van der Waals surface area (Å²) in [5.41, 5.74) is 6.30. The topological polar surface area (TPSA) is 66.5 Å². The molecule has 0 radical (unpaired) electrons. The molecule has 0 saturated carbocycles. The van der Waals surface area contributed by atoms with Crippen molar-refractivity contribution >= 4 is 11.6 Å². The lowest BCUT2D eigenvalue weighted by molar-refractivity contribution is 0.275. The molecule has 1 aromatic carbocycles. The Kier molecular flexibility index (Phi) is 3.54. The van der Waals surface area contributed by atoms with Crippen molar-refractivity contribution < 1.29 is 10.2 Å². The summed E-state index contributed by atoms with van der Waals surface area (Å²) in [6.07, 6.45) is 0.426. The molecular formula is C9H12ClNO2. The van der Waals surface area contributed by atoms with E-state index in [0.717, 1.165) is 0 Å². The SMILES string of the molecule is NC(CCO)c1ccc(Cl)cc1O. The molecule has 13 heavy (non-hydrogen) atoms. The molecule has 1 unspecified atom stereocenters. The van der Waals surface area contributed by atoms with Crippen LogP contribution in [0.3, 0.4) is 0 Å². The van der Waals surface area contributed by atoms with Gasteiger partial charge in [-0.15, -0.1) is 0 Å². The summed E-state index contributed by atoms with van der Waals surface area (Å²) >= 11 is 5.65. The molecule has 0 aliphatic heterocycles. The van der Waals surface area contributed by atoms with Gasteiger partial charge in [0.15, 0.2) is 0 Å². The van der Waals surface area contributed by atoms with Gasteiger partial charge in [-0.1, -0.05) is 17.7 Å². The number of phenolic OH excluding ortho intramolecular Hbond substituents is 1. The molecule has 1 rings (SSSR count). The predicted molar refractivity (Wildman–Crippen MR) is 51.7 cm³/mol. The van der Waals surface area contributed by atoms with Gasteiger partial charge in [0.25, 0.3) is 0 Å². The lowest BCUT2D eigenvalue weighted by atomic mass is 10.0. The van der Waals surface area contributed by atoms with Crippen LogP contribution in [0.4, 0.5) is 0 Å². The Hall–Kier alpha value is -0.770. The van der Waals surface area contributed by atoms with Crippen LogP contribution in [0.1, 0.15) is 18.0 Å². The number of rotatable bonds is 3. The molecule has 3 nitrogen and oxygen atoms in total. The molecule has 0 bridgehead atoms. The van der Waals surface area contributed by atoms with E-state index in [2.05, 4.69) is 0 Å². The maximum atomic E-state index is 9.44. The maximum absolute atomic E-state index is 9.44. The third-order valence-electron chi connectivity index (χ3n) is 1.83. The van der Waals surface area contributed by atoms with Gasteiger partial charge >= 0.3 is 0 Å². The van der Waals surface area contributed by atoms with E-state index in [0.29, 0.717) is 17.0 Å². The minimum absolute atomic E-state index is 0.00321. The molecule has 0 aromatic heterocycles. The number of aliphatic hydroxyl groups is 1. The van der Waals surface area contributed by atoms with Crippen molar-refractivity contribution in [1.29, 1.82) is 0 Å². The van der Waals surface area contributed by atoms with Gasteiger partial charge in [-0.2, -0.15) is 0 Å². The number of aliphatic hydroxyl groups excluding tert-OH is 1. The zero-order valence-corrected chi connectivity index (χ0v) is 7.83. The second-order valence-corrected chi connectivity index (χ2v) is 3.26. The Bertz CT molecular complexity index is 291. The van der Waals surface area contributed by atoms with Gasteiger partial charge in [-0.05, 0) is 18.6 Å². The summed E-state index contributed by atoms with van der Waals surface area (Å²) in [6.45, 7) is 0.00321. The van der Waals surface area contributed by atoms with E-state index in [1.165, 1.54) is 6.07 Å². The lowest BCUT2D eigenvalue weighted by Gasteiger charge is -2.11. The Morgan fingerprint density at radius 2 is 2.15 bits per heavy atom. The summed E-state index contributed by atoms with van der Waals surface area (Å²) in [7, 11) is 0. The zero-order valence-electron chi connectivity index (χ0n) is 7.07. The highest BCUT2D eigenvalue weighted by molar-refractivity contribution is 6.30. The Morgan fingerprint density at radius 1 is 1.46 bits per heavy atom. The van der Waals surface area contributed by atoms with E-state index in [9.17, 15) is 5.11 Å². The number of aromatic hydroxyl groups is 1. The van der Waals surface area contributed by atoms with Crippen molar-refractivity contribution in [3.63, 3.8) is 0 Å². The first kappa shape index (κ1) is 10.3. The summed E-state index contributed by atoms with van der Waals surface area (Å²) in [5.74, 6) is 0.0773. The van der Waals surface area contributed by atoms with Crippen LogP contribution in [-0.2, 0) is 0 Å². The minimum atomic E-state index is -0.345. The normalized spacial score (nSPS) is 12.8. The highest BCUT2D eigenvalue weighted by Crippen LogP contribution is 2.27. The van der Waals surface area contributed by atoms with Gasteiger partial charge in [-0.25, -0.2) is 0 Å². The first-order valence-corrected chi connectivity index (χ1v) is 4.38. The Morgan fingerprint density at radius 3 is 2.69 bits per heavy atom. The number of hydrogen-bond acceptors (Lipinski definition) is 3. The van der Waals surface area contributed by atoms with Crippen LogP contribution in [-0.4, -0.2) is 16.8 Å². The second kappa shape index (κ2) is 4.46. The van der Waals surface area contributed by atoms with E-state index in [1.807, 2.05) is 0 Å². The molecule has 4 N–H and O–H groups in total. The van der Waals surface area contributed by atoms with Crippen LogP contribution < -0.4 is 5.73 Å². The van der Waals surface area contributed by atoms with Crippen molar-refractivity contribution in [2.45, 2.75) is 12.5 Å². The van der Waals surface area contributed by atoms with Crippen molar-refractivity contribution in [2.24, 2.45) is 5.73 Å². The second-order valence-electron chi connectivity index (χ2n) is 2.82. The van der Waals surface area contributed by atoms with Crippen LogP contribution >= 0.6 is 11.6 Å². The number of benzene rings is 1. The van der Waals surface area contributed by atoms with E-state index in [-0.39, 0.29) is 18.4 Å². The number of halogens is 1. The molecule has 1 aromatic rings. The third-order valence-corrected chi connectivity index (χ3v) is 2.07. The smallest absolute Gasteiger partial charge is 0.121 e. The fourth-order valence-electron chi connectivity index (χ4n) is 1.12. The predicted octanol–water partition coefficient (Wildman–Crippen LogP) is 1.43. The molecule has 0 fully saturated rings. The fourth-order valence-corrected chi connectivity index (χ4v) is 1.29. The zero-order chi connectivity index (χ0) is 9.84. The monoisotopic (exact) mass is 201 g/mol. The molecule has 0 aliphatic carbocycles. The Balaban J connectivity index is 2.88. The summed E-state index contributed by atoms with van der Waals surface area (Å²) < 4.78 is 0. The van der Waals surface area contributed by atoms with Crippen molar-refractivity contribution in [2.75, 3.05) is 6.61 Å². The largest absolute Gasteiger partial charge is 0.508 e. The molecule has 0 heterocycles. The van der Waals surface area contributed by atoms with E-state index >= 15 is 0 Å². The lowest BCUT2D eigenvalue weighted by Crippen LogP contribution is -2.11. The minimum Gasteiger partial charge on any atom is -0.508 e. The van der Waals surface area contributed by atoms with Gasteiger partial charge in [0.2, 0.25) is 0 Å². The van der Waals surface area contributed by atoms with Gasteiger partial charge in [0.05, 0.1) is 0 Å². The van der Waals surface area contributed by atoms with Crippen LogP contribution in [0.15, 0.2) is 18.2 Å². The number of hydrogen-bond donors (Lipinski definition) is 3. The molecule has 0 saturated heterocycles. The van der Waals surface area contributed by atoms with E-state index < -0.39 is 0 Å².